The van der Waals surface area contributed by atoms with Crippen LogP contribution in [0.15, 0.2) is 17.5 Å². The molecular formula is C15H21NO2S. The lowest BCUT2D eigenvalue weighted by Gasteiger charge is -2.31. The standard InChI is InChI=1S/C15H21NO2S/c1-12-7-10-19-13(12)5-6-14(17)16-11-15(18)8-3-2-4-9-15/h5-7,10,18H,2-4,8-9,11H2,1H3,(H,16,17). The number of aliphatic hydroxyl groups is 1. The number of hydrogen-bond acceptors (Lipinski definition) is 3. The van der Waals surface area contributed by atoms with Crippen LogP contribution in [-0.2, 0) is 4.79 Å². The van der Waals surface area contributed by atoms with Gasteiger partial charge < -0.3 is 10.4 Å². The van der Waals surface area contributed by atoms with Crippen LogP contribution in [0.4, 0.5) is 0 Å². The SMILES string of the molecule is Cc1ccsc1C=CC(=O)NCC1(O)CCCCC1. The normalized spacial score (nSPS) is 18.6. The first-order valence-electron chi connectivity index (χ1n) is 6.81. The van der Waals surface area contributed by atoms with Gasteiger partial charge in [-0.25, -0.2) is 0 Å². The van der Waals surface area contributed by atoms with E-state index in [-0.39, 0.29) is 5.91 Å². The van der Waals surface area contributed by atoms with Crippen LogP contribution in [0.25, 0.3) is 6.08 Å². The Morgan fingerprint density at radius 2 is 2.21 bits per heavy atom. The average molecular weight is 279 g/mol. The van der Waals surface area contributed by atoms with E-state index in [1.54, 1.807) is 17.4 Å². The fraction of sp³-hybridized carbons (Fsp3) is 0.533. The van der Waals surface area contributed by atoms with Gasteiger partial charge in [0, 0.05) is 17.5 Å². The van der Waals surface area contributed by atoms with Crippen molar-refractivity contribution in [3.05, 3.63) is 28.0 Å². The smallest absolute Gasteiger partial charge is 0.244 e. The first-order chi connectivity index (χ1) is 9.09. The second kappa shape index (κ2) is 6.35. The van der Waals surface area contributed by atoms with Gasteiger partial charge in [0.05, 0.1) is 5.60 Å². The van der Waals surface area contributed by atoms with Crippen molar-refractivity contribution in [3.63, 3.8) is 0 Å². The number of carbonyl (C=O) groups is 1. The highest BCUT2D eigenvalue weighted by Crippen LogP contribution is 2.27. The molecule has 3 nitrogen and oxygen atoms in total. The molecule has 0 saturated heterocycles. The third-order valence-corrected chi connectivity index (χ3v) is 4.65. The molecule has 2 N–H and O–H groups in total. The maximum atomic E-state index is 11.7. The van der Waals surface area contributed by atoms with E-state index in [1.807, 2.05) is 24.4 Å². The fourth-order valence-electron chi connectivity index (χ4n) is 2.40. The molecule has 0 radical (unpaired) electrons. The number of thiophene rings is 1. The van der Waals surface area contributed by atoms with Gasteiger partial charge in [0.2, 0.25) is 5.91 Å². The molecule has 1 heterocycles. The third kappa shape index (κ3) is 4.18. The van der Waals surface area contributed by atoms with Gasteiger partial charge in [-0.15, -0.1) is 11.3 Å². The van der Waals surface area contributed by atoms with E-state index in [1.165, 1.54) is 12.0 Å². The summed E-state index contributed by atoms with van der Waals surface area (Å²) in [7, 11) is 0. The molecule has 1 fully saturated rings. The summed E-state index contributed by atoms with van der Waals surface area (Å²) in [5, 5.41) is 15.1. The third-order valence-electron chi connectivity index (χ3n) is 3.66. The number of carbonyl (C=O) groups excluding carboxylic acids is 1. The molecule has 1 saturated carbocycles. The van der Waals surface area contributed by atoms with E-state index >= 15 is 0 Å². The van der Waals surface area contributed by atoms with Crippen molar-refractivity contribution in [3.8, 4) is 0 Å². The molecule has 4 heteroatoms. The quantitative estimate of drug-likeness (QED) is 0.833. The van der Waals surface area contributed by atoms with Crippen LogP contribution in [0, 0.1) is 6.92 Å². The van der Waals surface area contributed by atoms with Crippen molar-refractivity contribution < 1.29 is 9.90 Å². The minimum atomic E-state index is -0.694. The summed E-state index contributed by atoms with van der Waals surface area (Å²) < 4.78 is 0. The molecule has 0 atom stereocenters. The molecule has 1 aromatic rings. The highest BCUT2D eigenvalue weighted by molar-refractivity contribution is 7.11. The largest absolute Gasteiger partial charge is 0.388 e. The molecule has 0 unspecified atom stereocenters. The summed E-state index contributed by atoms with van der Waals surface area (Å²) in [4.78, 5) is 12.8. The molecule has 1 amide bonds. The van der Waals surface area contributed by atoms with Gasteiger partial charge in [-0.1, -0.05) is 19.3 Å². The Kier molecular flexibility index (Phi) is 4.77. The first kappa shape index (κ1) is 14.3. The van der Waals surface area contributed by atoms with Crippen LogP contribution in [0.5, 0.6) is 0 Å². The van der Waals surface area contributed by atoms with Crippen LogP contribution in [0.3, 0.4) is 0 Å². The Balaban J connectivity index is 1.81. The molecule has 1 aliphatic carbocycles. The van der Waals surface area contributed by atoms with Gasteiger partial charge in [-0.05, 0) is 42.9 Å². The lowest BCUT2D eigenvalue weighted by Crippen LogP contribution is -2.43. The number of amides is 1. The second-order valence-electron chi connectivity index (χ2n) is 5.30. The molecular weight excluding hydrogens is 258 g/mol. The van der Waals surface area contributed by atoms with Crippen LogP contribution in [0.1, 0.15) is 42.5 Å². The minimum Gasteiger partial charge on any atom is -0.388 e. The molecule has 1 aliphatic rings. The van der Waals surface area contributed by atoms with Crippen molar-refractivity contribution in [2.45, 2.75) is 44.6 Å². The average Bonchev–Trinajstić information content (AvgIpc) is 2.81. The zero-order valence-corrected chi connectivity index (χ0v) is 12.1. The maximum Gasteiger partial charge on any atom is 0.244 e. The van der Waals surface area contributed by atoms with E-state index < -0.39 is 5.60 Å². The van der Waals surface area contributed by atoms with Gasteiger partial charge in [-0.3, -0.25) is 4.79 Å². The number of nitrogens with one attached hydrogen (secondary N) is 1. The molecule has 0 aliphatic heterocycles. The van der Waals surface area contributed by atoms with Crippen molar-refractivity contribution in [2.24, 2.45) is 0 Å². The van der Waals surface area contributed by atoms with Gasteiger partial charge in [0.15, 0.2) is 0 Å². The van der Waals surface area contributed by atoms with Crippen molar-refractivity contribution >= 4 is 23.3 Å². The van der Waals surface area contributed by atoms with E-state index in [2.05, 4.69) is 5.32 Å². The lowest BCUT2D eigenvalue weighted by molar-refractivity contribution is -0.118. The summed E-state index contributed by atoms with van der Waals surface area (Å²) in [5.74, 6) is -0.133. The monoisotopic (exact) mass is 279 g/mol. The molecule has 1 aromatic heterocycles. The molecule has 0 spiro atoms. The molecule has 104 valence electrons. The van der Waals surface area contributed by atoms with E-state index in [4.69, 9.17) is 0 Å². The minimum absolute atomic E-state index is 0.133. The summed E-state index contributed by atoms with van der Waals surface area (Å²) >= 11 is 1.62. The zero-order valence-electron chi connectivity index (χ0n) is 11.3. The first-order valence-corrected chi connectivity index (χ1v) is 7.69. The van der Waals surface area contributed by atoms with Gasteiger partial charge >= 0.3 is 0 Å². The van der Waals surface area contributed by atoms with Crippen molar-refractivity contribution in [2.75, 3.05) is 6.54 Å². The van der Waals surface area contributed by atoms with Crippen molar-refractivity contribution in [1.29, 1.82) is 0 Å². The number of rotatable bonds is 4. The number of hydrogen-bond donors (Lipinski definition) is 2. The number of aryl methyl sites for hydroxylation is 1. The van der Waals surface area contributed by atoms with Crippen LogP contribution >= 0.6 is 11.3 Å². The summed E-state index contributed by atoms with van der Waals surface area (Å²) in [6, 6.07) is 2.03. The summed E-state index contributed by atoms with van der Waals surface area (Å²) in [5.41, 5.74) is 0.487. The molecule has 0 bridgehead atoms. The molecule has 0 aromatic carbocycles. The highest BCUT2D eigenvalue weighted by Gasteiger charge is 2.29. The predicted octanol–water partition coefficient (Wildman–Crippen LogP) is 2.88. The molecule has 19 heavy (non-hydrogen) atoms. The van der Waals surface area contributed by atoms with Crippen LogP contribution < -0.4 is 5.32 Å². The Bertz CT molecular complexity index is 458. The van der Waals surface area contributed by atoms with Gasteiger partial charge in [-0.2, -0.15) is 0 Å². The van der Waals surface area contributed by atoms with Crippen LogP contribution in [0.2, 0.25) is 0 Å². The Morgan fingerprint density at radius 1 is 1.47 bits per heavy atom. The molecule has 2 rings (SSSR count). The summed E-state index contributed by atoms with van der Waals surface area (Å²) in [6.07, 6.45) is 8.26. The van der Waals surface area contributed by atoms with E-state index in [0.717, 1.165) is 30.6 Å². The van der Waals surface area contributed by atoms with E-state index in [0.29, 0.717) is 6.54 Å². The maximum absolute atomic E-state index is 11.7. The predicted molar refractivity (Wildman–Crippen MR) is 79.1 cm³/mol. The lowest BCUT2D eigenvalue weighted by atomic mass is 9.85. The highest BCUT2D eigenvalue weighted by atomic mass is 32.1. The Hall–Kier alpha value is -1.13. The van der Waals surface area contributed by atoms with E-state index in [9.17, 15) is 9.90 Å². The zero-order chi connectivity index (χ0) is 13.7. The topological polar surface area (TPSA) is 49.3 Å². The second-order valence-corrected chi connectivity index (χ2v) is 6.25. The van der Waals surface area contributed by atoms with Gasteiger partial charge in [0.1, 0.15) is 0 Å². The van der Waals surface area contributed by atoms with Crippen LogP contribution in [-0.4, -0.2) is 23.2 Å². The Labute approximate surface area is 118 Å². The van der Waals surface area contributed by atoms with Gasteiger partial charge in [0.25, 0.3) is 0 Å². The van der Waals surface area contributed by atoms with Crippen molar-refractivity contribution in [1.82, 2.24) is 5.32 Å². The Morgan fingerprint density at radius 3 is 2.84 bits per heavy atom. The summed E-state index contributed by atoms with van der Waals surface area (Å²) in [6.45, 7) is 2.39. The fourth-order valence-corrected chi connectivity index (χ4v) is 3.22.